The highest BCUT2D eigenvalue weighted by Crippen LogP contribution is 2.40. The summed E-state index contributed by atoms with van der Waals surface area (Å²) < 4.78 is 13.1. The lowest BCUT2D eigenvalue weighted by Crippen LogP contribution is -2.50. The highest BCUT2D eigenvalue weighted by atomic mass is 19.1. The fourth-order valence-electron chi connectivity index (χ4n) is 4.25. The van der Waals surface area contributed by atoms with E-state index in [-0.39, 0.29) is 28.6 Å². The van der Waals surface area contributed by atoms with Crippen LogP contribution in [0, 0.1) is 11.2 Å². The van der Waals surface area contributed by atoms with Crippen LogP contribution in [0.5, 0.6) is 0 Å². The lowest BCUT2D eigenvalue weighted by molar-refractivity contribution is -0.146. The second-order valence-electron chi connectivity index (χ2n) is 9.00. The Morgan fingerprint density at radius 1 is 1.19 bits per heavy atom. The van der Waals surface area contributed by atoms with Crippen LogP contribution in [-0.4, -0.2) is 53.3 Å². The molecule has 5 nitrogen and oxygen atoms in total. The third kappa shape index (κ3) is 4.86. The van der Waals surface area contributed by atoms with Gasteiger partial charge in [0.05, 0.1) is 12.0 Å². The van der Waals surface area contributed by atoms with Crippen molar-refractivity contribution in [3.05, 3.63) is 35.6 Å². The number of nitrogens with zero attached hydrogens (tertiary/aromatic N) is 2. The Labute approximate surface area is 160 Å². The second-order valence-corrected chi connectivity index (χ2v) is 9.00. The molecule has 1 unspecified atom stereocenters. The van der Waals surface area contributed by atoms with Crippen LogP contribution in [0.1, 0.15) is 45.6 Å². The number of piperidine rings is 1. The highest BCUT2D eigenvalue weighted by molar-refractivity contribution is 5.84. The van der Waals surface area contributed by atoms with Gasteiger partial charge in [0.1, 0.15) is 5.82 Å². The smallest absolute Gasteiger partial charge is 0.234 e. The zero-order chi connectivity index (χ0) is 19.7. The minimum atomic E-state index is -0.375. The molecule has 0 radical (unpaired) electrons. The van der Waals surface area contributed by atoms with Gasteiger partial charge in [-0.15, -0.1) is 0 Å². The van der Waals surface area contributed by atoms with Crippen LogP contribution in [0.25, 0.3) is 0 Å². The number of likely N-dealkylation sites (tertiary alicyclic amines) is 2. The molecule has 2 saturated heterocycles. The number of amides is 2. The van der Waals surface area contributed by atoms with E-state index in [0.717, 1.165) is 37.9 Å². The van der Waals surface area contributed by atoms with Crippen molar-refractivity contribution in [1.29, 1.82) is 0 Å². The van der Waals surface area contributed by atoms with Crippen molar-refractivity contribution < 1.29 is 14.0 Å². The molecule has 2 amide bonds. The molecule has 0 aliphatic carbocycles. The number of carbonyl (C=O) groups excluding carboxylic acids is 2. The molecule has 0 bridgehead atoms. The van der Waals surface area contributed by atoms with Crippen molar-refractivity contribution in [1.82, 2.24) is 15.1 Å². The Morgan fingerprint density at radius 2 is 1.89 bits per heavy atom. The van der Waals surface area contributed by atoms with E-state index in [1.54, 1.807) is 12.1 Å². The molecule has 2 aliphatic rings. The van der Waals surface area contributed by atoms with Gasteiger partial charge >= 0.3 is 0 Å². The molecule has 2 aliphatic heterocycles. The van der Waals surface area contributed by atoms with Crippen LogP contribution in [0.15, 0.2) is 24.3 Å². The molecule has 1 spiro atoms. The van der Waals surface area contributed by atoms with Crippen molar-refractivity contribution >= 4 is 11.8 Å². The summed E-state index contributed by atoms with van der Waals surface area (Å²) in [5, 5.41) is 2.99. The summed E-state index contributed by atoms with van der Waals surface area (Å²) >= 11 is 0. The fourth-order valence-corrected chi connectivity index (χ4v) is 4.25. The number of hydrogen-bond acceptors (Lipinski definition) is 3. The van der Waals surface area contributed by atoms with E-state index in [9.17, 15) is 14.0 Å². The monoisotopic (exact) mass is 375 g/mol. The van der Waals surface area contributed by atoms with Crippen LogP contribution in [0.4, 0.5) is 4.39 Å². The highest BCUT2D eigenvalue weighted by Gasteiger charge is 2.48. The van der Waals surface area contributed by atoms with Gasteiger partial charge in [-0.05, 0) is 64.3 Å². The Morgan fingerprint density at radius 3 is 2.56 bits per heavy atom. The molecule has 1 aromatic rings. The molecule has 0 aromatic heterocycles. The predicted molar refractivity (Wildman–Crippen MR) is 102 cm³/mol. The van der Waals surface area contributed by atoms with Crippen molar-refractivity contribution in [3.8, 4) is 0 Å². The van der Waals surface area contributed by atoms with Crippen LogP contribution < -0.4 is 5.32 Å². The minimum Gasteiger partial charge on any atom is -0.350 e. The molecule has 1 atom stereocenters. The third-order valence-electron chi connectivity index (χ3n) is 5.43. The normalized spacial score (nSPS) is 23.9. The number of hydrogen-bond donors (Lipinski definition) is 1. The SMILES string of the molecule is CC(C)(C)NC(=O)CN1CCC2(CCCN(Cc3ccc(F)cc3)C2=O)C1. The fraction of sp³-hybridized carbons (Fsp3) is 0.619. The van der Waals surface area contributed by atoms with E-state index in [1.165, 1.54) is 12.1 Å². The molecule has 148 valence electrons. The summed E-state index contributed by atoms with van der Waals surface area (Å²) in [6.45, 7) is 8.91. The lowest BCUT2D eigenvalue weighted by atomic mass is 9.78. The predicted octanol–water partition coefficient (Wildman–Crippen LogP) is 2.55. The Hall–Kier alpha value is -1.95. The third-order valence-corrected chi connectivity index (χ3v) is 5.43. The molecular weight excluding hydrogens is 345 g/mol. The first-order chi connectivity index (χ1) is 12.7. The summed E-state index contributed by atoms with van der Waals surface area (Å²) in [5.41, 5.74) is 0.322. The zero-order valence-electron chi connectivity index (χ0n) is 16.6. The summed E-state index contributed by atoms with van der Waals surface area (Å²) in [7, 11) is 0. The Kier molecular flexibility index (Phi) is 5.56. The van der Waals surface area contributed by atoms with Crippen molar-refractivity contribution in [2.45, 2.75) is 52.1 Å². The molecule has 2 heterocycles. The summed E-state index contributed by atoms with van der Waals surface area (Å²) in [5.74, 6) is -0.0806. The lowest BCUT2D eigenvalue weighted by Gasteiger charge is -2.39. The minimum absolute atomic E-state index is 0.00553. The molecule has 3 rings (SSSR count). The van der Waals surface area contributed by atoms with Gasteiger partial charge in [-0.25, -0.2) is 4.39 Å². The molecule has 27 heavy (non-hydrogen) atoms. The van der Waals surface area contributed by atoms with Crippen LogP contribution in [0.3, 0.4) is 0 Å². The van der Waals surface area contributed by atoms with Gasteiger partial charge in [-0.2, -0.15) is 0 Å². The van der Waals surface area contributed by atoms with Crippen LogP contribution in [0.2, 0.25) is 0 Å². The standard InChI is InChI=1S/C21H30FN3O2/c1-20(2,3)23-18(26)14-24-12-10-21(15-24)9-4-11-25(19(21)27)13-16-5-7-17(22)8-6-16/h5-8H,4,9-15H2,1-3H3,(H,23,26). The van der Waals surface area contributed by atoms with E-state index in [4.69, 9.17) is 0 Å². The van der Waals surface area contributed by atoms with Gasteiger partial charge in [0.15, 0.2) is 0 Å². The van der Waals surface area contributed by atoms with Gasteiger partial charge in [0.25, 0.3) is 0 Å². The average Bonchev–Trinajstić information content (AvgIpc) is 2.96. The van der Waals surface area contributed by atoms with Gasteiger partial charge in [-0.3, -0.25) is 14.5 Å². The Bertz CT molecular complexity index is 698. The van der Waals surface area contributed by atoms with E-state index in [2.05, 4.69) is 10.2 Å². The molecule has 2 fully saturated rings. The quantitative estimate of drug-likeness (QED) is 0.880. The van der Waals surface area contributed by atoms with E-state index < -0.39 is 0 Å². The van der Waals surface area contributed by atoms with Gasteiger partial charge in [0.2, 0.25) is 11.8 Å². The number of rotatable bonds is 4. The molecular formula is C21H30FN3O2. The summed E-state index contributed by atoms with van der Waals surface area (Å²) in [6, 6.07) is 6.35. The van der Waals surface area contributed by atoms with Crippen molar-refractivity contribution in [2.24, 2.45) is 5.41 Å². The number of carbonyl (C=O) groups is 2. The second kappa shape index (κ2) is 7.58. The first kappa shape index (κ1) is 19.8. The Balaban J connectivity index is 1.61. The average molecular weight is 375 g/mol. The number of halogens is 1. The van der Waals surface area contributed by atoms with E-state index in [1.807, 2.05) is 25.7 Å². The maximum Gasteiger partial charge on any atom is 0.234 e. The van der Waals surface area contributed by atoms with E-state index in [0.29, 0.717) is 19.6 Å². The maximum absolute atomic E-state index is 13.2. The largest absolute Gasteiger partial charge is 0.350 e. The summed E-state index contributed by atoms with van der Waals surface area (Å²) in [4.78, 5) is 29.4. The first-order valence-electron chi connectivity index (χ1n) is 9.74. The molecule has 1 N–H and O–H groups in total. The van der Waals surface area contributed by atoms with Gasteiger partial charge in [-0.1, -0.05) is 12.1 Å². The van der Waals surface area contributed by atoms with Crippen LogP contribution in [-0.2, 0) is 16.1 Å². The molecule has 0 saturated carbocycles. The number of benzene rings is 1. The van der Waals surface area contributed by atoms with E-state index >= 15 is 0 Å². The van der Waals surface area contributed by atoms with Crippen molar-refractivity contribution in [3.63, 3.8) is 0 Å². The number of nitrogens with one attached hydrogen (secondary N) is 1. The maximum atomic E-state index is 13.2. The first-order valence-corrected chi connectivity index (χ1v) is 9.74. The zero-order valence-corrected chi connectivity index (χ0v) is 16.6. The van der Waals surface area contributed by atoms with Gasteiger partial charge < -0.3 is 10.2 Å². The topological polar surface area (TPSA) is 52.7 Å². The molecule has 6 heteroatoms. The van der Waals surface area contributed by atoms with Gasteiger partial charge in [0, 0.05) is 25.2 Å². The van der Waals surface area contributed by atoms with Crippen molar-refractivity contribution in [2.75, 3.05) is 26.2 Å². The van der Waals surface area contributed by atoms with Crippen LogP contribution >= 0.6 is 0 Å². The molecule has 1 aromatic carbocycles. The summed E-state index contributed by atoms with van der Waals surface area (Å²) in [6.07, 6.45) is 2.65.